The minimum Gasteiger partial charge on any atom is -0.375 e. The smallest absolute Gasteiger partial charge is 0.118 e. The topological polar surface area (TPSA) is 47.5 Å². The van der Waals surface area contributed by atoms with Crippen molar-refractivity contribution in [1.29, 1.82) is 0 Å². The summed E-state index contributed by atoms with van der Waals surface area (Å²) in [5.74, 6) is 0.492. The molecular formula is C18H23N3O2S. The second kappa shape index (κ2) is 7.70. The zero-order valence-corrected chi connectivity index (χ0v) is 14.5. The van der Waals surface area contributed by atoms with Crippen molar-refractivity contribution in [3.63, 3.8) is 0 Å². The highest BCUT2D eigenvalue weighted by Gasteiger charge is 2.42. The van der Waals surface area contributed by atoms with Crippen LogP contribution in [0.1, 0.15) is 23.4 Å². The summed E-state index contributed by atoms with van der Waals surface area (Å²) < 4.78 is 12.0. The molecule has 0 spiro atoms. The number of hydrogen-bond donors (Lipinski definition) is 0. The first kappa shape index (κ1) is 16.1. The predicted molar refractivity (Wildman–Crippen MR) is 92.7 cm³/mol. The third-order valence-corrected chi connectivity index (χ3v) is 5.74. The molecule has 0 aromatic carbocycles. The maximum Gasteiger partial charge on any atom is 0.118 e. The number of morpholine rings is 1. The Balaban J connectivity index is 1.32. The Morgan fingerprint density at radius 3 is 3.17 bits per heavy atom. The van der Waals surface area contributed by atoms with Gasteiger partial charge in [-0.15, -0.1) is 11.3 Å². The van der Waals surface area contributed by atoms with Gasteiger partial charge in [0, 0.05) is 49.0 Å². The van der Waals surface area contributed by atoms with Gasteiger partial charge in [-0.2, -0.15) is 0 Å². The van der Waals surface area contributed by atoms with Crippen molar-refractivity contribution >= 4 is 11.3 Å². The molecule has 1 aliphatic heterocycles. The van der Waals surface area contributed by atoms with Gasteiger partial charge in [0.1, 0.15) is 5.01 Å². The zero-order valence-electron chi connectivity index (χ0n) is 13.7. The SMILES string of the molecule is c1cncc(CN2CCO[C@@H]3[C@@H](COCc4nccs4)CC[C@H]32)c1. The second-order valence-electron chi connectivity index (χ2n) is 6.51. The van der Waals surface area contributed by atoms with Gasteiger partial charge in [-0.25, -0.2) is 4.98 Å². The maximum absolute atomic E-state index is 6.12. The third kappa shape index (κ3) is 3.67. The highest BCUT2D eigenvalue weighted by atomic mass is 32.1. The summed E-state index contributed by atoms with van der Waals surface area (Å²) in [6, 6.07) is 4.67. The van der Waals surface area contributed by atoms with E-state index in [1.54, 1.807) is 11.3 Å². The lowest BCUT2D eigenvalue weighted by Crippen LogP contribution is -2.50. The Hall–Kier alpha value is -1.34. The summed E-state index contributed by atoms with van der Waals surface area (Å²) in [5, 5.41) is 3.04. The van der Waals surface area contributed by atoms with Gasteiger partial charge < -0.3 is 9.47 Å². The fourth-order valence-electron chi connectivity index (χ4n) is 3.86. The van der Waals surface area contributed by atoms with Gasteiger partial charge in [0.05, 0.1) is 25.9 Å². The Labute approximate surface area is 146 Å². The molecule has 2 aromatic rings. The first-order valence-corrected chi connectivity index (χ1v) is 9.49. The minimum atomic E-state index is 0.298. The number of nitrogens with zero attached hydrogens (tertiary/aromatic N) is 3. The average Bonchev–Trinajstić information content (AvgIpc) is 3.27. The van der Waals surface area contributed by atoms with E-state index in [1.165, 1.54) is 18.4 Å². The van der Waals surface area contributed by atoms with Crippen LogP contribution in [-0.4, -0.2) is 46.8 Å². The fraction of sp³-hybridized carbons (Fsp3) is 0.556. The highest BCUT2D eigenvalue weighted by molar-refractivity contribution is 7.09. The van der Waals surface area contributed by atoms with Crippen LogP contribution in [0.3, 0.4) is 0 Å². The van der Waals surface area contributed by atoms with Gasteiger partial charge in [0.2, 0.25) is 0 Å². The number of fused-ring (bicyclic) bond motifs is 1. The van der Waals surface area contributed by atoms with E-state index in [2.05, 4.69) is 20.9 Å². The number of hydrogen-bond acceptors (Lipinski definition) is 6. The number of ether oxygens (including phenoxy) is 2. The van der Waals surface area contributed by atoms with Crippen LogP contribution in [0.2, 0.25) is 0 Å². The zero-order chi connectivity index (χ0) is 16.2. The van der Waals surface area contributed by atoms with Crippen LogP contribution < -0.4 is 0 Å². The molecule has 1 aliphatic carbocycles. The Morgan fingerprint density at radius 1 is 1.33 bits per heavy atom. The van der Waals surface area contributed by atoms with Crippen molar-refractivity contribution in [1.82, 2.24) is 14.9 Å². The Morgan fingerprint density at radius 2 is 2.33 bits per heavy atom. The number of pyridine rings is 1. The van der Waals surface area contributed by atoms with Gasteiger partial charge in [-0.05, 0) is 24.5 Å². The van der Waals surface area contributed by atoms with Crippen molar-refractivity contribution in [3.05, 3.63) is 46.7 Å². The van der Waals surface area contributed by atoms with Gasteiger partial charge in [-0.1, -0.05) is 6.07 Å². The molecule has 4 rings (SSSR count). The van der Waals surface area contributed by atoms with Crippen LogP contribution in [0.4, 0.5) is 0 Å². The van der Waals surface area contributed by atoms with Crippen LogP contribution in [0, 0.1) is 5.92 Å². The Bertz CT molecular complexity index is 622. The highest BCUT2D eigenvalue weighted by Crippen LogP contribution is 2.35. The van der Waals surface area contributed by atoms with Gasteiger partial charge in [0.25, 0.3) is 0 Å². The molecule has 24 heavy (non-hydrogen) atoms. The first-order valence-electron chi connectivity index (χ1n) is 8.61. The van der Waals surface area contributed by atoms with E-state index in [4.69, 9.17) is 9.47 Å². The van der Waals surface area contributed by atoms with E-state index >= 15 is 0 Å². The molecule has 0 amide bonds. The van der Waals surface area contributed by atoms with Crippen molar-refractivity contribution in [2.24, 2.45) is 5.92 Å². The van der Waals surface area contributed by atoms with Crippen LogP contribution in [0.5, 0.6) is 0 Å². The summed E-state index contributed by atoms with van der Waals surface area (Å²) in [6.07, 6.45) is 8.29. The quantitative estimate of drug-likeness (QED) is 0.806. The molecular weight excluding hydrogens is 322 g/mol. The lowest BCUT2D eigenvalue weighted by molar-refractivity contribution is -0.0891. The van der Waals surface area contributed by atoms with Crippen molar-refractivity contribution in [2.75, 3.05) is 19.8 Å². The van der Waals surface area contributed by atoms with Crippen LogP contribution in [0.15, 0.2) is 36.1 Å². The van der Waals surface area contributed by atoms with E-state index in [0.29, 0.717) is 24.7 Å². The fourth-order valence-corrected chi connectivity index (χ4v) is 4.41. The average molecular weight is 345 g/mol. The molecule has 3 heterocycles. The lowest BCUT2D eigenvalue weighted by Gasteiger charge is -2.39. The third-order valence-electron chi connectivity index (χ3n) is 4.98. The number of thiazole rings is 1. The van der Waals surface area contributed by atoms with E-state index in [-0.39, 0.29) is 0 Å². The Kier molecular flexibility index (Phi) is 5.18. The summed E-state index contributed by atoms with van der Waals surface area (Å²) in [6.45, 7) is 4.16. The molecule has 6 heteroatoms. The maximum atomic E-state index is 6.12. The monoisotopic (exact) mass is 345 g/mol. The summed E-state index contributed by atoms with van der Waals surface area (Å²) in [5.41, 5.74) is 1.28. The molecule has 3 atom stereocenters. The molecule has 1 saturated carbocycles. The van der Waals surface area contributed by atoms with Gasteiger partial charge >= 0.3 is 0 Å². The van der Waals surface area contributed by atoms with Crippen LogP contribution >= 0.6 is 11.3 Å². The van der Waals surface area contributed by atoms with Crippen molar-refractivity contribution < 1.29 is 9.47 Å². The first-order chi connectivity index (χ1) is 11.9. The largest absolute Gasteiger partial charge is 0.375 e. The van der Waals surface area contributed by atoms with Crippen molar-refractivity contribution in [2.45, 2.75) is 38.1 Å². The van der Waals surface area contributed by atoms with E-state index in [0.717, 1.165) is 31.3 Å². The van der Waals surface area contributed by atoms with Crippen molar-refractivity contribution in [3.8, 4) is 0 Å². The summed E-state index contributed by atoms with van der Waals surface area (Å²) in [4.78, 5) is 11.1. The molecule has 2 aromatic heterocycles. The molecule has 0 N–H and O–H groups in total. The summed E-state index contributed by atoms with van der Waals surface area (Å²) in [7, 11) is 0. The minimum absolute atomic E-state index is 0.298. The van der Waals surface area contributed by atoms with Gasteiger partial charge in [-0.3, -0.25) is 9.88 Å². The molecule has 2 aliphatic rings. The van der Waals surface area contributed by atoms with Crippen LogP contribution in [-0.2, 0) is 22.6 Å². The predicted octanol–water partition coefficient (Wildman–Crippen LogP) is 2.73. The van der Waals surface area contributed by atoms with Crippen LogP contribution in [0.25, 0.3) is 0 Å². The molecule has 2 fully saturated rings. The second-order valence-corrected chi connectivity index (χ2v) is 7.49. The number of aromatic nitrogens is 2. The van der Waals surface area contributed by atoms with E-state index < -0.39 is 0 Å². The van der Waals surface area contributed by atoms with E-state index in [9.17, 15) is 0 Å². The van der Waals surface area contributed by atoms with Gasteiger partial charge in [0.15, 0.2) is 0 Å². The summed E-state index contributed by atoms with van der Waals surface area (Å²) >= 11 is 1.65. The molecule has 5 nitrogen and oxygen atoms in total. The molecule has 128 valence electrons. The molecule has 0 bridgehead atoms. The standard InChI is InChI=1S/C18H23N3O2S/c1-2-14(10-19-5-1)11-21-7-8-23-18-15(3-4-16(18)21)12-22-13-17-20-6-9-24-17/h1-2,5-6,9-10,15-16,18H,3-4,7-8,11-13H2/t15-,16-,18-/m1/s1. The normalized spacial score (nSPS) is 27.2. The molecule has 0 unspecified atom stereocenters. The number of rotatable bonds is 6. The van der Waals surface area contributed by atoms with E-state index in [1.807, 2.05) is 30.0 Å². The molecule has 1 saturated heterocycles. The molecule has 0 radical (unpaired) electrons. The lowest BCUT2D eigenvalue weighted by atomic mass is 10.0.